The summed E-state index contributed by atoms with van der Waals surface area (Å²) in [5.74, 6) is -0.149. The zero-order chi connectivity index (χ0) is 11.3. The van der Waals surface area contributed by atoms with Crippen LogP contribution in [0.25, 0.3) is 0 Å². The Morgan fingerprint density at radius 3 is 2.59 bits per heavy atom. The SMILES string of the molecule is CNC(C)CNC(=O)c1ccc(Br)cn1.Cl.Cl. The fourth-order valence-corrected chi connectivity index (χ4v) is 1.18. The van der Waals surface area contributed by atoms with Crippen molar-refractivity contribution in [2.24, 2.45) is 0 Å². The largest absolute Gasteiger partial charge is 0.349 e. The topological polar surface area (TPSA) is 54.0 Å². The first-order valence-corrected chi connectivity index (χ1v) is 5.50. The molecule has 1 amide bonds. The van der Waals surface area contributed by atoms with Gasteiger partial charge in [0.15, 0.2) is 0 Å². The molecule has 1 heterocycles. The van der Waals surface area contributed by atoms with Crippen molar-refractivity contribution >= 4 is 46.7 Å². The first kappa shape index (κ1) is 19.0. The smallest absolute Gasteiger partial charge is 0.269 e. The molecule has 1 unspecified atom stereocenters. The normalized spacial score (nSPS) is 10.8. The fourth-order valence-electron chi connectivity index (χ4n) is 0.949. The number of aromatic nitrogens is 1. The highest BCUT2D eigenvalue weighted by Crippen LogP contribution is 2.07. The molecule has 1 rings (SSSR count). The Morgan fingerprint density at radius 1 is 1.47 bits per heavy atom. The third-order valence-corrected chi connectivity index (χ3v) is 2.49. The quantitative estimate of drug-likeness (QED) is 0.878. The van der Waals surface area contributed by atoms with E-state index >= 15 is 0 Å². The average Bonchev–Trinajstić information content (AvgIpc) is 2.26. The van der Waals surface area contributed by atoms with E-state index in [1.807, 2.05) is 14.0 Å². The molecule has 0 aliphatic rings. The number of carbonyl (C=O) groups excluding carboxylic acids is 1. The number of halogens is 3. The molecule has 98 valence electrons. The molecule has 1 atom stereocenters. The van der Waals surface area contributed by atoms with Gasteiger partial charge < -0.3 is 10.6 Å². The van der Waals surface area contributed by atoms with Gasteiger partial charge >= 0.3 is 0 Å². The molecule has 0 aliphatic carbocycles. The van der Waals surface area contributed by atoms with Crippen molar-refractivity contribution in [2.75, 3.05) is 13.6 Å². The minimum Gasteiger partial charge on any atom is -0.349 e. The number of nitrogens with one attached hydrogen (secondary N) is 2. The molecule has 0 radical (unpaired) electrons. The summed E-state index contributed by atoms with van der Waals surface area (Å²) in [4.78, 5) is 15.6. The summed E-state index contributed by atoms with van der Waals surface area (Å²) >= 11 is 3.26. The second-order valence-electron chi connectivity index (χ2n) is 3.26. The van der Waals surface area contributed by atoms with Gasteiger partial charge in [0.05, 0.1) is 0 Å². The minimum absolute atomic E-state index is 0. The second-order valence-corrected chi connectivity index (χ2v) is 4.18. The molecule has 0 bridgehead atoms. The maximum absolute atomic E-state index is 11.6. The van der Waals surface area contributed by atoms with E-state index < -0.39 is 0 Å². The van der Waals surface area contributed by atoms with E-state index in [-0.39, 0.29) is 36.8 Å². The molecule has 1 aromatic heterocycles. The first-order valence-electron chi connectivity index (χ1n) is 4.70. The van der Waals surface area contributed by atoms with Crippen molar-refractivity contribution in [3.63, 3.8) is 0 Å². The van der Waals surface area contributed by atoms with Gasteiger partial charge in [-0.2, -0.15) is 0 Å². The van der Waals surface area contributed by atoms with E-state index in [4.69, 9.17) is 0 Å². The molecule has 0 saturated carbocycles. The zero-order valence-electron chi connectivity index (χ0n) is 9.57. The number of pyridine rings is 1. The van der Waals surface area contributed by atoms with Gasteiger partial charge in [-0.15, -0.1) is 24.8 Å². The van der Waals surface area contributed by atoms with Crippen LogP contribution < -0.4 is 10.6 Å². The van der Waals surface area contributed by atoms with Crippen molar-refractivity contribution in [1.82, 2.24) is 15.6 Å². The lowest BCUT2D eigenvalue weighted by Gasteiger charge is -2.10. The molecule has 2 N–H and O–H groups in total. The van der Waals surface area contributed by atoms with E-state index in [2.05, 4.69) is 31.5 Å². The van der Waals surface area contributed by atoms with Gasteiger partial charge in [-0.1, -0.05) is 0 Å². The lowest BCUT2D eigenvalue weighted by molar-refractivity contribution is 0.0945. The van der Waals surface area contributed by atoms with Crippen molar-refractivity contribution < 1.29 is 4.79 Å². The minimum atomic E-state index is -0.149. The molecule has 7 heteroatoms. The molecule has 0 spiro atoms. The van der Waals surface area contributed by atoms with E-state index in [1.54, 1.807) is 18.3 Å². The molecule has 0 aliphatic heterocycles. The molecule has 0 fully saturated rings. The van der Waals surface area contributed by atoms with Crippen molar-refractivity contribution in [2.45, 2.75) is 13.0 Å². The molecule has 4 nitrogen and oxygen atoms in total. The monoisotopic (exact) mass is 343 g/mol. The maximum Gasteiger partial charge on any atom is 0.269 e. The molecule has 0 saturated heterocycles. The van der Waals surface area contributed by atoms with Gasteiger partial charge in [-0.3, -0.25) is 4.79 Å². The van der Waals surface area contributed by atoms with E-state index in [0.29, 0.717) is 12.2 Å². The predicted octanol–water partition coefficient (Wildman–Crippen LogP) is 2.03. The molecule has 0 aromatic carbocycles. The van der Waals surface area contributed by atoms with Crippen LogP contribution in [0.2, 0.25) is 0 Å². The van der Waals surface area contributed by atoms with Gasteiger partial charge in [0.25, 0.3) is 5.91 Å². The summed E-state index contributed by atoms with van der Waals surface area (Å²) in [6.07, 6.45) is 1.61. The van der Waals surface area contributed by atoms with Crippen LogP contribution >= 0.6 is 40.7 Å². The number of carbonyl (C=O) groups is 1. The van der Waals surface area contributed by atoms with Gasteiger partial charge in [-0.25, -0.2) is 4.98 Å². The summed E-state index contributed by atoms with van der Waals surface area (Å²) in [5, 5.41) is 5.83. The number of likely N-dealkylation sites (N-methyl/N-ethyl adjacent to an activating group) is 1. The first-order chi connectivity index (χ1) is 7.13. The third-order valence-electron chi connectivity index (χ3n) is 2.02. The zero-order valence-corrected chi connectivity index (χ0v) is 12.8. The van der Waals surface area contributed by atoms with Crippen LogP contribution in [0.4, 0.5) is 0 Å². The van der Waals surface area contributed by atoms with Crippen molar-refractivity contribution in [1.29, 1.82) is 0 Å². The highest BCUT2D eigenvalue weighted by Gasteiger charge is 2.07. The molecular weight excluding hydrogens is 329 g/mol. The van der Waals surface area contributed by atoms with Crippen LogP contribution in [0, 0.1) is 0 Å². The Labute approximate surface area is 122 Å². The number of nitrogens with zero attached hydrogens (tertiary/aromatic N) is 1. The van der Waals surface area contributed by atoms with Crippen LogP contribution in [-0.2, 0) is 0 Å². The van der Waals surface area contributed by atoms with Crippen LogP contribution in [0.1, 0.15) is 17.4 Å². The number of hydrogen-bond donors (Lipinski definition) is 2. The van der Waals surface area contributed by atoms with Crippen molar-refractivity contribution in [3.05, 3.63) is 28.5 Å². The number of rotatable bonds is 4. The van der Waals surface area contributed by atoms with Crippen LogP contribution in [-0.4, -0.2) is 30.5 Å². The number of amides is 1. The Bertz CT molecular complexity index is 335. The van der Waals surface area contributed by atoms with E-state index in [0.717, 1.165) is 4.47 Å². The average molecular weight is 345 g/mol. The lowest BCUT2D eigenvalue weighted by atomic mass is 10.3. The third kappa shape index (κ3) is 6.83. The molecule has 17 heavy (non-hydrogen) atoms. The maximum atomic E-state index is 11.6. The summed E-state index contributed by atoms with van der Waals surface area (Å²) in [5.41, 5.74) is 0.432. The fraction of sp³-hybridized carbons (Fsp3) is 0.400. The Kier molecular flexibility index (Phi) is 10.8. The predicted molar refractivity (Wildman–Crippen MR) is 77.3 cm³/mol. The van der Waals surface area contributed by atoms with Gasteiger partial charge in [-0.05, 0) is 42.0 Å². The summed E-state index contributed by atoms with van der Waals surface area (Å²) < 4.78 is 0.864. The van der Waals surface area contributed by atoms with Crippen molar-refractivity contribution in [3.8, 4) is 0 Å². The van der Waals surface area contributed by atoms with Crippen LogP contribution in [0.3, 0.4) is 0 Å². The molecular formula is C10H16BrCl2N3O. The van der Waals surface area contributed by atoms with Gasteiger partial charge in [0.1, 0.15) is 5.69 Å². The van der Waals surface area contributed by atoms with E-state index in [1.165, 1.54) is 0 Å². The van der Waals surface area contributed by atoms with Gasteiger partial charge in [0.2, 0.25) is 0 Å². The number of hydrogen-bond acceptors (Lipinski definition) is 3. The standard InChI is InChI=1S/C10H14BrN3O.2ClH/c1-7(12-2)5-14-10(15)9-4-3-8(11)6-13-9;;/h3-4,6-7,12H,5H2,1-2H3,(H,14,15);2*1H. The summed E-state index contributed by atoms with van der Waals surface area (Å²) in [6, 6.07) is 3.73. The van der Waals surface area contributed by atoms with Gasteiger partial charge in [0, 0.05) is 23.3 Å². The second kappa shape index (κ2) is 9.65. The van der Waals surface area contributed by atoms with E-state index in [9.17, 15) is 4.79 Å². The molecule has 1 aromatic rings. The lowest BCUT2D eigenvalue weighted by Crippen LogP contribution is -2.37. The Morgan fingerprint density at radius 2 is 2.12 bits per heavy atom. The summed E-state index contributed by atoms with van der Waals surface area (Å²) in [7, 11) is 1.86. The Hall–Kier alpha value is -0.360. The summed E-state index contributed by atoms with van der Waals surface area (Å²) in [6.45, 7) is 2.59. The highest BCUT2D eigenvalue weighted by atomic mass is 79.9. The van der Waals surface area contributed by atoms with Crippen LogP contribution in [0.15, 0.2) is 22.8 Å². The Balaban J connectivity index is 0. The highest BCUT2D eigenvalue weighted by molar-refractivity contribution is 9.10. The van der Waals surface area contributed by atoms with Crippen LogP contribution in [0.5, 0.6) is 0 Å².